The van der Waals surface area contributed by atoms with E-state index in [0.29, 0.717) is 11.3 Å². The van der Waals surface area contributed by atoms with Crippen LogP contribution in [0.3, 0.4) is 0 Å². The first kappa shape index (κ1) is 12.8. The van der Waals surface area contributed by atoms with Crippen LogP contribution in [0.25, 0.3) is 0 Å². The minimum absolute atomic E-state index is 0.125. The van der Waals surface area contributed by atoms with Crippen LogP contribution in [0.4, 0.5) is 4.39 Å². The van der Waals surface area contributed by atoms with Gasteiger partial charge >= 0.3 is 0 Å². The summed E-state index contributed by atoms with van der Waals surface area (Å²) in [6.45, 7) is 6.02. The number of hydrogen-bond acceptors (Lipinski definition) is 2. The first-order valence-electron chi connectivity index (χ1n) is 7.96. The monoisotopic (exact) mass is 274 g/mol. The standard InChI is InChI=1S/C17H23FN2/c18-15-3-1-13(2-4-15)16-11-19-8-7-17(16)12-20-9-5-14(17)6-10-20/h1-4,14,16,19H,5-12H2. The average Bonchev–Trinajstić information content (AvgIpc) is 2.50. The van der Waals surface area contributed by atoms with Crippen molar-refractivity contribution < 1.29 is 4.39 Å². The zero-order valence-corrected chi connectivity index (χ0v) is 11.9. The average molecular weight is 274 g/mol. The summed E-state index contributed by atoms with van der Waals surface area (Å²) >= 11 is 0. The van der Waals surface area contributed by atoms with Crippen molar-refractivity contribution in [2.45, 2.75) is 25.2 Å². The smallest absolute Gasteiger partial charge is 0.123 e. The van der Waals surface area contributed by atoms with Gasteiger partial charge in [0.2, 0.25) is 0 Å². The summed E-state index contributed by atoms with van der Waals surface area (Å²) in [4.78, 5) is 2.65. The van der Waals surface area contributed by atoms with Gasteiger partial charge in [-0.3, -0.25) is 0 Å². The Labute approximate surface area is 120 Å². The van der Waals surface area contributed by atoms with Gasteiger partial charge in [-0.25, -0.2) is 4.39 Å². The highest BCUT2D eigenvalue weighted by atomic mass is 19.1. The second-order valence-electron chi connectivity index (χ2n) is 6.84. The lowest BCUT2D eigenvalue weighted by Crippen LogP contribution is -2.60. The summed E-state index contributed by atoms with van der Waals surface area (Å²) in [7, 11) is 0. The molecule has 5 rings (SSSR count). The van der Waals surface area contributed by atoms with Gasteiger partial charge in [-0.05, 0) is 67.9 Å². The van der Waals surface area contributed by atoms with E-state index in [0.717, 1.165) is 19.0 Å². The van der Waals surface area contributed by atoms with Gasteiger partial charge < -0.3 is 10.2 Å². The Bertz CT molecular complexity index is 478. The van der Waals surface area contributed by atoms with Crippen LogP contribution in [0, 0.1) is 17.2 Å². The lowest BCUT2D eigenvalue weighted by Gasteiger charge is -2.58. The van der Waals surface area contributed by atoms with Crippen molar-refractivity contribution in [2.75, 3.05) is 32.7 Å². The van der Waals surface area contributed by atoms with E-state index >= 15 is 0 Å². The third-order valence-corrected chi connectivity index (χ3v) is 6.00. The van der Waals surface area contributed by atoms with Gasteiger partial charge in [0.15, 0.2) is 0 Å². The third kappa shape index (κ3) is 1.91. The van der Waals surface area contributed by atoms with Crippen LogP contribution < -0.4 is 5.32 Å². The topological polar surface area (TPSA) is 15.3 Å². The van der Waals surface area contributed by atoms with Crippen molar-refractivity contribution >= 4 is 0 Å². The SMILES string of the molecule is Fc1ccc(C2CNCCC23CN2CCC3CC2)cc1. The number of benzene rings is 1. The predicted molar refractivity (Wildman–Crippen MR) is 78.2 cm³/mol. The number of nitrogens with zero attached hydrogens (tertiary/aromatic N) is 1. The van der Waals surface area contributed by atoms with E-state index in [1.54, 1.807) is 12.1 Å². The summed E-state index contributed by atoms with van der Waals surface area (Å²) in [5, 5.41) is 3.57. The Kier molecular flexibility index (Phi) is 3.08. The second kappa shape index (κ2) is 4.81. The Morgan fingerprint density at radius 1 is 1.15 bits per heavy atom. The van der Waals surface area contributed by atoms with Crippen LogP contribution >= 0.6 is 0 Å². The van der Waals surface area contributed by atoms with Gasteiger partial charge in [0.05, 0.1) is 0 Å². The quantitative estimate of drug-likeness (QED) is 0.847. The minimum Gasteiger partial charge on any atom is -0.316 e. The number of nitrogens with one attached hydrogen (secondary N) is 1. The Morgan fingerprint density at radius 2 is 1.90 bits per heavy atom. The van der Waals surface area contributed by atoms with E-state index in [-0.39, 0.29) is 5.82 Å². The molecule has 1 aromatic carbocycles. The molecule has 1 N–H and O–H groups in total. The van der Waals surface area contributed by atoms with Gasteiger partial charge in [-0.2, -0.15) is 0 Å². The predicted octanol–water partition coefficient (Wildman–Crippen LogP) is 2.61. The molecule has 2 nitrogen and oxygen atoms in total. The fourth-order valence-electron chi connectivity index (χ4n) is 4.98. The molecule has 0 amide bonds. The maximum Gasteiger partial charge on any atom is 0.123 e. The van der Waals surface area contributed by atoms with Crippen LogP contribution in [0.5, 0.6) is 0 Å². The third-order valence-electron chi connectivity index (χ3n) is 6.00. The number of fused-ring (bicyclic) bond motifs is 2. The maximum absolute atomic E-state index is 13.2. The first-order valence-corrected chi connectivity index (χ1v) is 7.96. The van der Waals surface area contributed by atoms with Crippen LogP contribution in [0.1, 0.15) is 30.7 Å². The number of halogens is 1. The molecule has 0 saturated carbocycles. The molecule has 3 heteroatoms. The largest absolute Gasteiger partial charge is 0.316 e. The van der Waals surface area contributed by atoms with E-state index < -0.39 is 0 Å². The molecular formula is C17H23FN2. The van der Waals surface area contributed by atoms with Crippen LogP contribution in [-0.4, -0.2) is 37.6 Å². The van der Waals surface area contributed by atoms with Gasteiger partial charge in [-0.1, -0.05) is 12.1 Å². The molecule has 4 heterocycles. The summed E-state index contributed by atoms with van der Waals surface area (Å²) in [5.41, 5.74) is 1.76. The van der Waals surface area contributed by atoms with Crippen LogP contribution in [-0.2, 0) is 0 Å². The molecule has 1 spiro atoms. The lowest BCUT2D eigenvalue weighted by atomic mass is 9.56. The first-order chi connectivity index (χ1) is 9.78. The molecule has 2 bridgehead atoms. The molecule has 4 saturated heterocycles. The Balaban J connectivity index is 1.71. The summed E-state index contributed by atoms with van der Waals surface area (Å²) < 4.78 is 13.2. The zero-order valence-electron chi connectivity index (χ0n) is 11.9. The van der Waals surface area contributed by atoms with Gasteiger partial charge in [-0.15, -0.1) is 0 Å². The number of hydrogen-bond donors (Lipinski definition) is 1. The molecule has 4 fully saturated rings. The van der Waals surface area contributed by atoms with Crippen LogP contribution in [0.2, 0.25) is 0 Å². The van der Waals surface area contributed by atoms with Crippen LogP contribution in [0.15, 0.2) is 24.3 Å². The molecular weight excluding hydrogens is 251 g/mol. The molecule has 108 valence electrons. The molecule has 0 aliphatic carbocycles. The van der Waals surface area contributed by atoms with Crippen molar-refractivity contribution in [3.63, 3.8) is 0 Å². The fraction of sp³-hybridized carbons (Fsp3) is 0.647. The van der Waals surface area contributed by atoms with Crippen molar-refractivity contribution in [1.82, 2.24) is 10.2 Å². The highest BCUT2D eigenvalue weighted by Gasteiger charge is 2.52. The maximum atomic E-state index is 13.2. The summed E-state index contributed by atoms with van der Waals surface area (Å²) in [6, 6.07) is 7.26. The highest BCUT2D eigenvalue weighted by Crippen LogP contribution is 2.53. The Hall–Kier alpha value is -0.930. The number of rotatable bonds is 1. The molecule has 4 aliphatic heterocycles. The van der Waals surface area contributed by atoms with Gasteiger partial charge in [0.1, 0.15) is 5.82 Å². The lowest BCUT2D eigenvalue weighted by molar-refractivity contribution is -0.0617. The molecule has 4 aliphatic rings. The zero-order chi connectivity index (χ0) is 13.6. The highest BCUT2D eigenvalue weighted by molar-refractivity contribution is 5.26. The Morgan fingerprint density at radius 3 is 2.55 bits per heavy atom. The van der Waals surface area contributed by atoms with Crippen molar-refractivity contribution in [2.24, 2.45) is 11.3 Å². The van der Waals surface area contributed by atoms with Gasteiger partial charge in [0, 0.05) is 19.0 Å². The summed E-state index contributed by atoms with van der Waals surface area (Å²) in [5.74, 6) is 1.29. The van der Waals surface area contributed by atoms with E-state index in [2.05, 4.69) is 10.2 Å². The molecule has 2 atom stereocenters. The van der Waals surface area contributed by atoms with Crippen molar-refractivity contribution in [3.05, 3.63) is 35.6 Å². The van der Waals surface area contributed by atoms with E-state index in [4.69, 9.17) is 0 Å². The van der Waals surface area contributed by atoms with E-state index in [9.17, 15) is 4.39 Å². The minimum atomic E-state index is -0.125. The van der Waals surface area contributed by atoms with Crippen molar-refractivity contribution in [1.29, 1.82) is 0 Å². The fourth-order valence-corrected chi connectivity index (χ4v) is 4.98. The molecule has 20 heavy (non-hydrogen) atoms. The summed E-state index contributed by atoms with van der Waals surface area (Å²) in [6.07, 6.45) is 3.99. The molecule has 1 aromatic rings. The molecule has 2 unspecified atom stereocenters. The second-order valence-corrected chi connectivity index (χ2v) is 6.84. The molecule has 0 radical (unpaired) electrons. The van der Waals surface area contributed by atoms with Crippen molar-refractivity contribution in [3.8, 4) is 0 Å². The normalized spacial score (nSPS) is 40.1. The number of piperidine rings is 4. The van der Waals surface area contributed by atoms with E-state index in [1.165, 1.54) is 44.5 Å². The van der Waals surface area contributed by atoms with E-state index in [1.807, 2.05) is 12.1 Å². The molecule has 0 aromatic heterocycles. The van der Waals surface area contributed by atoms with Gasteiger partial charge in [0.25, 0.3) is 0 Å².